The van der Waals surface area contributed by atoms with Gasteiger partial charge in [0.1, 0.15) is 21.9 Å². The van der Waals surface area contributed by atoms with Crippen molar-refractivity contribution in [3.05, 3.63) is 59.2 Å². The number of sulfone groups is 1. The van der Waals surface area contributed by atoms with Gasteiger partial charge in [-0.25, -0.2) is 41.2 Å². The SMILES string of the molecule is C#[N+]C(=O)C(C)C.C=C1CC(C(C)C)C(=O)O1.C=C=NC(C)C.C=C=NC(C)C.CC(C)C(=O)ON1C(=O)CCC1=O.CC(C)C=O.CC(C)CC1CO1.CC(C)S(C)(=O)=O.COC(=N)CC(C)C.Cc1c(F)c(F)c(F)c(OC(=O)C(C)C)c1F. The molecule has 19 nitrogen and oxygen atoms in total. The molecule has 0 radical (unpaired) electrons. The van der Waals surface area contributed by atoms with Gasteiger partial charge in [0.15, 0.2) is 23.3 Å². The summed E-state index contributed by atoms with van der Waals surface area (Å²) in [5, 5.41) is 7.37. The van der Waals surface area contributed by atoms with Crippen molar-refractivity contribution in [3.63, 3.8) is 0 Å². The summed E-state index contributed by atoms with van der Waals surface area (Å²) >= 11 is 0. The molecule has 0 aliphatic carbocycles. The molecule has 3 aliphatic heterocycles. The molecule has 2 unspecified atom stereocenters. The minimum atomic E-state index is -2.74. The zero-order valence-electron chi connectivity index (χ0n) is 55.4. The molecule has 3 amide bonds. The number of amides is 3. The Kier molecular flexibility index (Phi) is 52.1. The number of halogens is 4. The van der Waals surface area contributed by atoms with E-state index in [1.807, 2.05) is 55.4 Å². The van der Waals surface area contributed by atoms with Crippen LogP contribution in [-0.2, 0) is 62.4 Å². The first-order valence-electron chi connectivity index (χ1n) is 28.1. The number of allylic oxidation sites excluding steroid dienone is 1. The smallest absolute Gasteiger partial charge is 0.484 e. The maximum Gasteiger partial charge on any atom is 0.517 e. The molecule has 1 N–H and O–H groups in total. The zero-order valence-corrected chi connectivity index (χ0v) is 56.2. The first-order chi connectivity index (χ1) is 39.3. The van der Waals surface area contributed by atoms with Crippen LogP contribution >= 0.6 is 0 Å². The Balaban J connectivity index is -0.000000212. The molecule has 3 aliphatic rings. The first kappa shape index (κ1) is 90.5. The molecular formula is C62H102F4N5O14S+. The largest absolute Gasteiger partial charge is 0.517 e. The fraction of sp³-hybridized carbons (Fsp3) is 0.661. The molecule has 1 aromatic carbocycles. The van der Waals surface area contributed by atoms with E-state index in [-0.39, 0.29) is 53.6 Å². The number of rotatable bonds is 14. The van der Waals surface area contributed by atoms with Gasteiger partial charge in [-0.3, -0.25) is 24.6 Å². The van der Waals surface area contributed by atoms with Crippen LogP contribution in [0.2, 0.25) is 0 Å². The fourth-order valence-electron chi connectivity index (χ4n) is 4.68. The van der Waals surface area contributed by atoms with E-state index in [9.17, 15) is 59.5 Å². The topological polar surface area (TPSA) is 259 Å². The van der Waals surface area contributed by atoms with Gasteiger partial charge >= 0.3 is 23.8 Å². The van der Waals surface area contributed by atoms with Crippen molar-refractivity contribution >= 4 is 69.4 Å². The predicted octanol–water partition coefficient (Wildman–Crippen LogP) is 13.1. The number of hydroxylamine groups is 2. The van der Waals surface area contributed by atoms with Crippen LogP contribution < -0.4 is 4.74 Å². The Labute approximate surface area is 511 Å². The third-order valence-electron chi connectivity index (χ3n) is 10.0. The Morgan fingerprint density at radius 3 is 1.38 bits per heavy atom. The number of hydrogen-bond donors (Lipinski definition) is 1. The van der Waals surface area contributed by atoms with Gasteiger partial charge in [-0.15, -0.1) is 5.06 Å². The second kappa shape index (κ2) is 49.5. The highest BCUT2D eigenvalue weighted by Crippen LogP contribution is 2.31. The summed E-state index contributed by atoms with van der Waals surface area (Å²) < 4.78 is 92.0. The van der Waals surface area contributed by atoms with Crippen molar-refractivity contribution in [2.45, 2.75) is 201 Å². The average Bonchev–Trinajstić information content (AvgIpc) is 2.25. The molecule has 0 spiro atoms. The number of cyclic esters (lactones) is 1. The number of carbonyl (C=O) groups excluding carboxylic acids is 7. The standard InChI is InChI=1S/C11H10F4O2.C8H11NO4.C8H12O2.C6H13NO.C6H12O.C5H8NO.2C5H9N.C4H10O2S.C4H8O/c1-4(2)11(16)17-10-7(13)5(3)6(12)8(14)9(10)15;1-5(2)8(12)13-9-6(10)3-4-7(9)11;1-5(2)7-4-6(3)10-8(7)9;1-5(2)4-6(7)8-3;1-5(2)3-6-4-7-6;1-4(2)5(7)6-3;2*1-4-6-5(2)3;1-4(2)7(3,5)6;1-4(2)3-5/h4H,1-3H3;5H,3-4H2,1-2H3;5,7H,3-4H2,1-2H3;5,7H,4H2,1-3H3;5-6H,3-4H2,1-2H3;3-4H,1-2H3;2*5H,1H2,2-3H3;4H,1-3H3;3-4H,1-2H3/q;;;;;+1;;;;. The van der Waals surface area contributed by atoms with Crippen LogP contribution in [-0.4, -0.2) is 116 Å². The van der Waals surface area contributed by atoms with Crippen LogP contribution in [0.1, 0.15) is 176 Å². The van der Waals surface area contributed by atoms with Crippen LogP contribution in [0.3, 0.4) is 0 Å². The number of benzene rings is 1. The molecule has 2 atom stereocenters. The summed E-state index contributed by atoms with van der Waals surface area (Å²) in [6, 6.07) is 0.699. The van der Waals surface area contributed by atoms with E-state index in [0.717, 1.165) is 32.2 Å². The van der Waals surface area contributed by atoms with E-state index < -0.39 is 74.1 Å². The van der Waals surface area contributed by atoms with E-state index >= 15 is 0 Å². The number of aliphatic imine (C=N–C) groups is 2. The summed E-state index contributed by atoms with van der Waals surface area (Å²) in [6.45, 7) is 54.0. The third-order valence-corrected chi connectivity index (χ3v) is 11.7. The van der Waals surface area contributed by atoms with E-state index in [2.05, 4.69) is 94.9 Å². The maximum absolute atomic E-state index is 13.4. The summed E-state index contributed by atoms with van der Waals surface area (Å²) in [4.78, 5) is 89.9. The number of hydrogen-bond acceptors (Lipinski definition) is 17. The van der Waals surface area contributed by atoms with Crippen LogP contribution in [0.15, 0.2) is 35.5 Å². The number of aldehydes is 1. The molecule has 0 saturated carbocycles. The Bertz CT molecular complexity index is 2460. The number of nitrogens with zero attached hydrogens (tertiary/aromatic N) is 4. The molecule has 24 heteroatoms. The minimum Gasteiger partial charge on any atom is -0.484 e. The second-order valence-corrected chi connectivity index (χ2v) is 25.0. The molecule has 3 fully saturated rings. The van der Waals surface area contributed by atoms with Crippen LogP contribution in [0.5, 0.6) is 5.75 Å². The maximum atomic E-state index is 13.4. The Hall–Kier alpha value is -6.66. The van der Waals surface area contributed by atoms with Gasteiger partial charge in [0.2, 0.25) is 11.6 Å². The fourth-order valence-corrected chi connectivity index (χ4v) is 4.68. The van der Waals surface area contributed by atoms with Gasteiger partial charge in [0.25, 0.3) is 18.4 Å². The van der Waals surface area contributed by atoms with Gasteiger partial charge in [0.05, 0.1) is 60.8 Å². The molecule has 4 rings (SSSR count). The Morgan fingerprint density at radius 2 is 1.19 bits per heavy atom. The number of imide groups is 1. The highest BCUT2D eigenvalue weighted by Gasteiger charge is 2.34. The molecule has 0 bridgehead atoms. The molecule has 3 saturated heterocycles. The summed E-state index contributed by atoms with van der Waals surface area (Å²) in [5.41, 5.74) is -0.740. The van der Waals surface area contributed by atoms with Crippen molar-refractivity contribution in [1.82, 2.24) is 5.06 Å². The highest BCUT2D eigenvalue weighted by molar-refractivity contribution is 7.91. The van der Waals surface area contributed by atoms with E-state index in [4.69, 9.17) is 14.9 Å². The van der Waals surface area contributed by atoms with E-state index in [1.54, 1.807) is 41.5 Å². The van der Waals surface area contributed by atoms with Crippen LogP contribution in [0.4, 0.5) is 17.6 Å². The second-order valence-electron chi connectivity index (χ2n) is 22.4. The van der Waals surface area contributed by atoms with Crippen LogP contribution in [0.25, 0.3) is 4.85 Å². The summed E-state index contributed by atoms with van der Waals surface area (Å²) in [5.74, 6) is -3.96. The lowest BCUT2D eigenvalue weighted by Crippen LogP contribution is -2.33. The van der Waals surface area contributed by atoms with Gasteiger partial charge in [0, 0.05) is 48.3 Å². The quantitative estimate of drug-likeness (QED) is 0.0174. The van der Waals surface area contributed by atoms with Crippen molar-refractivity contribution in [2.75, 3.05) is 20.0 Å². The lowest BCUT2D eigenvalue weighted by Gasteiger charge is -2.13. The molecule has 1 aromatic rings. The van der Waals surface area contributed by atoms with Crippen molar-refractivity contribution in [2.24, 2.45) is 57.3 Å². The molecule has 86 heavy (non-hydrogen) atoms. The monoisotopic (exact) mass is 1250 g/mol. The third kappa shape index (κ3) is 49.6. The normalized spacial score (nSPS) is 14.2. The molecule has 0 aromatic heterocycles. The van der Waals surface area contributed by atoms with Crippen molar-refractivity contribution in [3.8, 4) is 12.3 Å². The molecular weight excluding hydrogens is 1150 g/mol. The first-order valence-corrected chi connectivity index (χ1v) is 30.0. The lowest BCUT2D eigenvalue weighted by molar-refractivity contribution is -0.199. The van der Waals surface area contributed by atoms with Gasteiger partial charge in [-0.1, -0.05) is 89.7 Å². The number of ether oxygens (including phenoxy) is 4. The number of carbonyl (C=O) groups is 7. The van der Waals surface area contributed by atoms with Gasteiger partial charge in [-0.2, -0.15) is 4.39 Å². The average molecular weight is 1250 g/mol. The lowest BCUT2D eigenvalue weighted by atomic mass is 9.94. The number of epoxide rings is 1. The van der Waals surface area contributed by atoms with Crippen LogP contribution in [0, 0.1) is 89.5 Å². The number of methoxy groups -OCH3 is 1. The number of esters is 2. The van der Waals surface area contributed by atoms with Crippen molar-refractivity contribution in [1.29, 1.82) is 5.41 Å². The minimum absolute atomic E-state index is 0.0486. The van der Waals surface area contributed by atoms with Gasteiger partial charge in [-0.05, 0) is 111 Å². The highest BCUT2D eigenvalue weighted by atomic mass is 32.2. The van der Waals surface area contributed by atoms with Gasteiger partial charge < -0.3 is 28.6 Å². The number of nitrogens with one attached hydrogen (secondary N) is 1. The van der Waals surface area contributed by atoms with E-state index in [1.165, 1.54) is 33.6 Å². The summed E-state index contributed by atoms with van der Waals surface area (Å²) in [6.07, 6.45) is 5.74. The Morgan fingerprint density at radius 1 is 0.767 bits per heavy atom. The van der Waals surface area contributed by atoms with E-state index in [0.29, 0.717) is 53.2 Å². The zero-order chi connectivity index (χ0) is 69.1. The molecule has 492 valence electrons. The van der Waals surface area contributed by atoms with Crippen molar-refractivity contribution < 1.29 is 83.3 Å². The molecule has 3 heterocycles. The summed E-state index contributed by atoms with van der Waals surface area (Å²) in [7, 11) is -1.21. The predicted molar refractivity (Wildman–Crippen MR) is 330 cm³/mol.